The van der Waals surface area contributed by atoms with Crippen LogP contribution in [0.5, 0.6) is 0 Å². The highest BCUT2D eigenvalue weighted by molar-refractivity contribution is 7.92. The molecule has 8 nitrogen and oxygen atoms in total. The Morgan fingerprint density at radius 1 is 1.18 bits per heavy atom. The number of benzene rings is 2. The molecule has 0 bridgehead atoms. The van der Waals surface area contributed by atoms with Crippen molar-refractivity contribution in [2.75, 3.05) is 15.1 Å². The highest BCUT2D eigenvalue weighted by Crippen LogP contribution is 2.33. The Kier molecular flexibility index (Phi) is 6.72. The second-order valence-corrected chi connectivity index (χ2v) is 10.9. The van der Waals surface area contributed by atoms with E-state index in [4.69, 9.17) is 11.8 Å². The lowest BCUT2D eigenvalue weighted by Crippen LogP contribution is -2.16. The predicted octanol–water partition coefficient (Wildman–Crippen LogP) is 5.11. The maximum Gasteiger partial charge on any atom is 0.247 e. The molecule has 3 aromatic rings. The third kappa shape index (κ3) is 4.83. The first-order valence-corrected chi connectivity index (χ1v) is 12.6. The monoisotopic (exact) mass is 503 g/mol. The summed E-state index contributed by atoms with van der Waals surface area (Å²) >= 11 is 6.50. The van der Waals surface area contributed by atoms with Gasteiger partial charge in [-0.25, -0.2) is 22.2 Å². The number of rotatable bonds is 6. The van der Waals surface area contributed by atoms with Gasteiger partial charge in [-0.3, -0.25) is 4.79 Å². The van der Waals surface area contributed by atoms with Gasteiger partial charge in [0.2, 0.25) is 11.9 Å². The van der Waals surface area contributed by atoms with E-state index in [1.807, 2.05) is 6.07 Å². The minimum atomic E-state index is -3.75. The van der Waals surface area contributed by atoms with Gasteiger partial charge in [0.25, 0.3) is 0 Å². The Balaban J connectivity index is 1.65. The molecule has 1 amide bonds. The Labute approximate surface area is 202 Å². The molecule has 0 spiro atoms. The van der Waals surface area contributed by atoms with Gasteiger partial charge in [-0.1, -0.05) is 12.1 Å². The van der Waals surface area contributed by atoms with Crippen LogP contribution in [-0.2, 0) is 21.1 Å². The number of fused-ring (bicyclic) bond motifs is 1. The van der Waals surface area contributed by atoms with E-state index in [9.17, 15) is 17.6 Å². The molecular weight excluding hydrogens is 481 g/mol. The van der Waals surface area contributed by atoms with Gasteiger partial charge in [0, 0.05) is 30.1 Å². The van der Waals surface area contributed by atoms with Crippen molar-refractivity contribution in [2.45, 2.75) is 43.3 Å². The van der Waals surface area contributed by atoms with Crippen LogP contribution in [0.2, 0.25) is 0 Å². The van der Waals surface area contributed by atoms with E-state index in [1.54, 1.807) is 12.1 Å². The largest absolute Gasteiger partial charge is 0.337 e. The van der Waals surface area contributed by atoms with Crippen LogP contribution < -0.4 is 15.1 Å². The molecule has 2 N–H and O–H groups in total. The van der Waals surface area contributed by atoms with Crippen LogP contribution in [0.3, 0.4) is 0 Å². The summed E-state index contributed by atoms with van der Waals surface area (Å²) < 4.78 is 41.3. The normalized spacial score (nSPS) is 13.7. The SMILES string of the molecule is CC(C)S(=O)(=O)c1cccc(F)c1Nc1ccnc(N(Cl)c2ccc3c(c2)NC(=O)CCC3)n1. The quantitative estimate of drug-likeness (QED) is 0.450. The molecule has 2 heterocycles. The lowest BCUT2D eigenvalue weighted by atomic mass is 10.1. The summed E-state index contributed by atoms with van der Waals surface area (Å²) in [5.41, 5.74) is 2.01. The number of aromatic nitrogens is 2. The summed E-state index contributed by atoms with van der Waals surface area (Å²) in [5.74, 6) is -0.553. The van der Waals surface area contributed by atoms with Crippen molar-refractivity contribution in [3.63, 3.8) is 0 Å². The molecule has 2 aromatic carbocycles. The molecule has 4 rings (SSSR count). The number of para-hydroxylation sites is 1. The van der Waals surface area contributed by atoms with Crippen molar-refractivity contribution >= 4 is 56.3 Å². The predicted molar refractivity (Wildman–Crippen MR) is 130 cm³/mol. The lowest BCUT2D eigenvalue weighted by Gasteiger charge is -2.18. The van der Waals surface area contributed by atoms with Crippen LogP contribution in [0.1, 0.15) is 32.3 Å². The molecule has 0 atom stereocenters. The minimum absolute atomic E-state index is 0.0588. The second kappa shape index (κ2) is 9.55. The summed E-state index contributed by atoms with van der Waals surface area (Å²) in [5, 5.41) is 4.90. The maximum atomic E-state index is 14.6. The summed E-state index contributed by atoms with van der Waals surface area (Å²) in [6.07, 6.45) is 3.42. The average Bonchev–Trinajstić information content (AvgIpc) is 2.99. The van der Waals surface area contributed by atoms with Gasteiger partial charge in [-0.05, 0) is 62.6 Å². The minimum Gasteiger partial charge on any atom is -0.337 e. The fraction of sp³-hybridized carbons (Fsp3) is 0.261. The van der Waals surface area contributed by atoms with Gasteiger partial charge in [0.15, 0.2) is 9.84 Å². The number of sulfone groups is 1. The molecule has 34 heavy (non-hydrogen) atoms. The van der Waals surface area contributed by atoms with Crippen LogP contribution >= 0.6 is 11.8 Å². The second-order valence-electron chi connectivity index (χ2n) is 8.10. The van der Waals surface area contributed by atoms with Gasteiger partial charge in [0.05, 0.1) is 21.5 Å². The van der Waals surface area contributed by atoms with Crippen molar-refractivity contribution in [2.24, 2.45) is 0 Å². The van der Waals surface area contributed by atoms with Crippen LogP contribution in [0.15, 0.2) is 53.6 Å². The number of amides is 1. The molecule has 0 saturated heterocycles. The van der Waals surface area contributed by atoms with E-state index >= 15 is 0 Å². The fourth-order valence-corrected chi connectivity index (χ4v) is 4.94. The number of nitrogens with zero attached hydrogens (tertiary/aromatic N) is 3. The summed E-state index contributed by atoms with van der Waals surface area (Å²) in [7, 11) is -3.75. The van der Waals surface area contributed by atoms with Crippen molar-refractivity contribution in [3.8, 4) is 0 Å². The first-order chi connectivity index (χ1) is 16.2. The third-order valence-corrected chi connectivity index (χ3v) is 7.96. The van der Waals surface area contributed by atoms with E-state index in [-0.39, 0.29) is 28.3 Å². The zero-order valence-electron chi connectivity index (χ0n) is 18.5. The zero-order chi connectivity index (χ0) is 24.5. The van der Waals surface area contributed by atoms with E-state index < -0.39 is 20.9 Å². The third-order valence-electron chi connectivity index (χ3n) is 5.42. The van der Waals surface area contributed by atoms with Crippen molar-refractivity contribution in [3.05, 3.63) is 60.0 Å². The van der Waals surface area contributed by atoms with Crippen LogP contribution in [-0.4, -0.2) is 29.5 Å². The standard InChI is InChI=1S/C23H23ClFN5O3S/c1-14(2)34(32,33)19-7-4-6-17(25)22(19)28-20-11-12-26-23(29-20)30(24)16-10-9-15-5-3-8-21(31)27-18(15)13-16/h4,6-7,9-14H,3,5,8H2,1-2H3,(H,27,31)(H,26,28,29). The molecule has 1 aliphatic rings. The number of anilines is 5. The highest BCUT2D eigenvalue weighted by atomic mass is 35.5. The first kappa shape index (κ1) is 23.9. The number of hydrogen-bond donors (Lipinski definition) is 2. The highest BCUT2D eigenvalue weighted by Gasteiger charge is 2.25. The van der Waals surface area contributed by atoms with Crippen LogP contribution in [0.25, 0.3) is 0 Å². The van der Waals surface area contributed by atoms with Gasteiger partial charge in [-0.15, -0.1) is 0 Å². The molecule has 1 aromatic heterocycles. The smallest absolute Gasteiger partial charge is 0.247 e. The van der Waals surface area contributed by atoms with Crippen molar-refractivity contribution in [1.82, 2.24) is 9.97 Å². The number of halogens is 2. The summed E-state index contributed by atoms with van der Waals surface area (Å²) in [6, 6.07) is 10.7. The maximum absolute atomic E-state index is 14.6. The molecule has 0 saturated carbocycles. The van der Waals surface area contributed by atoms with Gasteiger partial charge in [0.1, 0.15) is 11.6 Å². The van der Waals surface area contributed by atoms with E-state index in [1.165, 1.54) is 48.7 Å². The fourth-order valence-electron chi connectivity index (χ4n) is 3.55. The Hall–Kier alpha value is -3.24. The van der Waals surface area contributed by atoms with E-state index in [0.717, 1.165) is 18.4 Å². The molecule has 0 fully saturated rings. The molecule has 1 aliphatic heterocycles. The van der Waals surface area contributed by atoms with Gasteiger partial charge >= 0.3 is 0 Å². The average molecular weight is 504 g/mol. The van der Waals surface area contributed by atoms with Crippen LogP contribution in [0.4, 0.5) is 33.2 Å². The Bertz CT molecular complexity index is 1350. The van der Waals surface area contributed by atoms with Gasteiger partial charge in [-0.2, -0.15) is 4.98 Å². The van der Waals surface area contributed by atoms with Crippen molar-refractivity contribution in [1.29, 1.82) is 0 Å². The number of carbonyl (C=O) groups excluding carboxylic acids is 1. The van der Waals surface area contributed by atoms with E-state index in [0.29, 0.717) is 17.8 Å². The zero-order valence-corrected chi connectivity index (χ0v) is 20.1. The van der Waals surface area contributed by atoms with Crippen molar-refractivity contribution < 1.29 is 17.6 Å². The Morgan fingerprint density at radius 2 is 1.97 bits per heavy atom. The summed E-state index contributed by atoms with van der Waals surface area (Å²) in [6.45, 7) is 3.06. The topological polar surface area (TPSA) is 104 Å². The number of nitrogens with one attached hydrogen (secondary N) is 2. The van der Waals surface area contributed by atoms with Gasteiger partial charge < -0.3 is 10.6 Å². The molecule has 0 unspecified atom stereocenters. The number of aryl methyl sites for hydroxylation is 1. The Morgan fingerprint density at radius 3 is 2.74 bits per heavy atom. The summed E-state index contributed by atoms with van der Waals surface area (Å²) in [4.78, 5) is 20.2. The molecule has 0 aliphatic carbocycles. The molecule has 178 valence electrons. The molecule has 0 radical (unpaired) electrons. The lowest BCUT2D eigenvalue weighted by molar-refractivity contribution is -0.116. The molecule has 11 heteroatoms. The first-order valence-electron chi connectivity index (χ1n) is 10.7. The number of hydrogen-bond acceptors (Lipinski definition) is 7. The molecular formula is C23H23ClFN5O3S. The number of carbonyl (C=O) groups is 1. The van der Waals surface area contributed by atoms with E-state index in [2.05, 4.69) is 20.6 Å². The van der Waals surface area contributed by atoms with Crippen LogP contribution in [0, 0.1) is 5.82 Å².